The van der Waals surface area contributed by atoms with Gasteiger partial charge < -0.3 is 10.6 Å². The maximum Gasteiger partial charge on any atom is 0.226 e. The molecule has 1 amide bonds. The lowest BCUT2D eigenvalue weighted by molar-refractivity contribution is -0.116. The summed E-state index contributed by atoms with van der Waals surface area (Å²) in [7, 11) is 0. The van der Waals surface area contributed by atoms with E-state index in [4.69, 9.17) is 0 Å². The third-order valence-corrected chi connectivity index (χ3v) is 5.02. The van der Waals surface area contributed by atoms with Crippen molar-refractivity contribution in [3.63, 3.8) is 0 Å². The van der Waals surface area contributed by atoms with Gasteiger partial charge in [-0.2, -0.15) is 0 Å². The molecule has 0 aromatic carbocycles. The molecule has 0 aliphatic rings. The molecule has 25 heavy (non-hydrogen) atoms. The van der Waals surface area contributed by atoms with E-state index in [0.717, 1.165) is 22.0 Å². The SMILES string of the molecule is Cc1cc(C)nc(NCCCC(=O)Nc2nc(-c3cccs3)cs2)n1. The Balaban J connectivity index is 1.42. The van der Waals surface area contributed by atoms with Gasteiger partial charge in [-0.05, 0) is 37.8 Å². The Morgan fingerprint density at radius 2 is 1.96 bits per heavy atom. The van der Waals surface area contributed by atoms with Gasteiger partial charge in [0.1, 0.15) is 0 Å². The number of hydrogen-bond donors (Lipinski definition) is 2. The number of aromatic nitrogens is 3. The first-order valence-corrected chi connectivity index (χ1v) is 9.71. The van der Waals surface area contributed by atoms with Crippen LogP contribution in [-0.2, 0) is 4.79 Å². The van der Waals surface area contributed by atoms with E-state index in [-0.39, 0.29) is 5.91 Å². The fourth-order valence-corrected chi connectivity index (χ4v) is 3.79. The number of carbonyl (C=O) groups excluding carboxylic acids is 1. The van der Waals surface area contributed by atoms with Crippen LogP contribution in [-0.4, -0.2) is 27.4 Å². The number of anilines is 2. The molecule has 3 heterocycles. The van der Waals surface area contributed by atoms with Crippen LogP contribution in [0, 0.1) is 13.8 Å². The monoisotopic (exact) mass is 373 g/mol. The second-order valence-electron chi connectivity index (χ2n) is 5.57. The molecule has 2 N–H and O–H groups in total. The molecule has 0 fully saturated rings. The van der Waals surface area contributed by atoms with Gasteiger partial charge in [0.05, 0.1) is 10.6 Å². The molecule has 130 valence electrons. The standard InChI is InChI=1S/C17H19N5OS2/c1-11-9-12(2)20-16(19-11)18-7-3-6-15(23)22-17-21-13(10-25-17)14-5-4-8-24-14/h4-5,8-10H,3,6-7H2,1-2H3,(H,18,19,20)(H,21,22,23). The number of carbonyl (C=O) groups is 1. The van der Waals surface area contributed by atoms with E-state index in [1.807, 2.05) is 42.8 Å². The molecule has 0 aliphatic carbocycles. The van der Waals surface area contributed by atoms with Gasteiger partial charge in [-0.3, -0.25) is 4.79 Å². The summed E-state index contributed by atoms with van der Waals surface area (Å²) in [5, 5.41) is 10.6. The third kappa shape index (κ3) is 5.07. The molecule has 0 atom stereocenters. The van der Waals surface area contributed by atoms with Crippen molar-refractivity contribution in [2.45, 2.75) is 26.7 Å². The van der Waals surface area contributed by atoms with Crippen molar-refractivity contribution in [3.05, 3.63) is 40.3 Å². The summed E-state index contributed by atoms with van der Waals surface area (Å²) in [4.78, 5) is 26.2. The highest BCUT2D eigenvalue weighted by atomic mass is 32.1. The van der Waals surface area contributed by atoms with Gasteiger partial charge in [-0.1, -0.05) is 6.07 Å². The van der Waals surface area contributed by atoms with Crippen LogP contribution in [0.15, 0.2) is 29.0 Å². The number of rotatable bonds is 7. The Morgan fingerprint density at radius 3 is 2.68 bits per heavy atom. The third-order valence-electron chi connectivity index (χ3n) is 3.37. The van der Waals surface area contributed by atoms with Gasteiger partial charge in [-0.25, -0.2) is 15.0 Å². The first-order valence-electron chi connectivity index (χ1n) is 7.95. The van der Waals surface area contributed by atoms with E-state index in [9.17, 15) is 4.79 Å². The Labute approximate surface area is 154 Å². The van der Waals surface area contributed by atoms with Crippen LogP contribution in [0.4, 0.5) is 11.1 Å². The summed E-state index contributed by atoms with van der Waals surface area (Å²) in [6, 6.07) is 5.94. The lowest BCUT2D eigenvalue weighted by Crippen LogP contribution is -2.14. The predicted molar refractivity (Wildman–Crippen MR) is 103 cm³/mol. The maximum absolute atomic E-state index is 12.0. The summed E-state index contributed by atoms with van der Waals surface area (Å²) >= 11 is 3.08. The number of thiazole rings is 1. The fraction of sp³-hybridized carbons (Fsp3) is 0.294. The highest BCUT2D eigenvalue weighted by molar-refractivity contribution is 7.16. The second kappa shape index (κ2) is 8.17. The van der Waals surface area contributed by atoms with Crippen molar-refractivity contribution in [2.75, 3.05) is 17.2 Å². The molecular weight excluding hydrogens is 354 g/mol. The fourth-order valence-electron chi connectivity index (χ4n) is 2.30. The van der Waals surface area contributed by atoms with Crippen molar-refractivity contribution in [3.8, 4) is 10.6 Å². The Kier molecular flexibility index (Phi) is 5.72. The number of nitrogens with one attached hydrogen (secondary N) is 2. The van der Waals surface area contributed by atoms with Gasteiger partial charge in [0, 0.05) is 29.7 Å². The molecule has 8 heteroatoms. The molecule has 0 radical (unpaired) electrons. The second-order valence-corrected chi connectivity index (χ2v) is 7.37. The Bertz CT molecular complexity index is 824. The first-order chi connectivity index (χ1) is 12.1. The van der Waals surface area contributed by atoms with Crippen LogP contribution in [0.2, 0.25) is 0 Å². The zero-order valence-electron chi connectivity index (χ0n) is 14.1. The predicted octanol–water partition coefficient (Wildman–Crippen LogP) is 4.11. The van der Waals surface area contributed by atoms with Crippen LogP contribution in [0.25, 0.3) is 10.6 Å². The van der Waals surface area contributed by atoms with Gasteiger partial charge in [-0.15, -0.1) is 22.7 Å². The number of amides is 1. The van der Waals surface area contributed by atoms with Crippen LogP contribution in [0.1, 0.15) is 24.2 Å². The molecule has 0 saturated carbocycles. The largest absolute Gasteiger partial charge is 0.354 e. The molecular formula is C17H19N5OS2. The zero-order valence-corrected chi connectivity index (χ0v) is 15.7. The Hall–Kier alpha value is -2.32. The first kappa shape index (κ1) is 17.5. The summed E-state index contributed by atoms with van der Waals surface area (Å²) < 4.78 is 0. The molecule has 3 rings (SSSR count). The van der Waals surface area contributed by atoms with Crippen molar-refractivity contribution < 1.29 is 4.79 Å². The number of aryl methyl sites for hydroxylation is 2. The van der Waals surface area contributed by atoms with E-state index < -0.39 is 0 Å². The molecule has 0 unspecified atom stereocenters. The molecule has 6 nitrogen and oxygen atoms in total. The summed E-state index contributed by atoms with van der Waals surface area (Å²) in [5.74, 6) is 0.577. The Morgan fingerprint density at radius 1 is 1.16 bits per heavy atom. The zero-order chi connectivity index (χ0) is 17.6. The summed E-state index contributed by atoms with van der Waals surface area (Å²) in [6.07, 6.45) is 1.12. The minimum absolute atomic E-state index is 0.0322. The topological polar surface area (TPSA) is 79.8 Å². The highest BCUT2D eigenvalue weighted by Crippen LogP contribution is 2.28. The molecule has 0 aliphatic heterocycles. The summed E-state index contributed by atoms with van der Waals surface area (Å²) in [6.45, 7) is 4.52. The van der Waals surface area contributed by atoms with Crippen molar-refractivity contribution >= 4 is 39.7 Å². The number of thiophene rings is 1. The van der Waals surface area contributed by atoms with E-state index in [1.54, 1.807) is 11.3 Å². The van der Waals surface area contributed by atoms with E-state index >= 15 is 0 Å². The highest BCUT2D eigenvalue weighted by Gasteiger charge is 2.08. The van der Waals surface area contributed by atoms with Crippen molar-refractivity contribution in [1.29, 1.82) is 0 Å². The lowest BCUT2D eigenvalue weighted by Gasteiger charge is -2.06. The lowest BCUT2D eigenvalue weighted by atomic mass is 10.3. The van der Waals surface area contributed by atoms with E-state index in [2.05, 4.69) is 25.6 Å². The average Bonchev–Trinajstić information content (AvgIpc) is 3.21. The molecule has 0 spiro atoms. The van der Waals surface area contributed by atoms with Gasteiger partial charge in [0.15, 0.2) is 5.13 Å². The smallest absolute Gasteiger partial charge is 0.226 e. The van der Waals surface area contributed by atoms with Gasteiger partial charge in [0.25, 0.3) is 0 Å². The quantitative estimate of drug-likeness (QED) is 0.609. The number of nitrogens with zero attached hydrogens (tertiary/aromatic N) is 3. The minimum Gasteiger partial charge on any atom is -0.354 e. The van der Waals surface area contributed by atoms with Gasteiger partial charge >= 0.3 is 0 Å². The van der Waals surface area contributed by atoms with E-state index in [1.165, 1.54) is 11.3 Å². The van der Waals surface area contributed by atoms with Crippen molar-refractivity contribution in [1.82, 2.24) is 15.0 Å². The van der Waals surface area contributed by atoms with Crippen LogP contribution < -0.4 is 10.6 Å². The average molecular weight is 374 g/mol. The molecule has 0 bridgehead atoms. The van der Waals surface area contributed by atoms with Crippen LogP contribution >= 0.6 is 22.7 Å². The molecule has 3 aromatic heterocycles. The van der Waals surface area contributed by atoms with E-state index in [0.29, 0.717) is 30.5 Å². The van der Waals surface area contributed by atoms with Crippen molar-refractivity contribution in [2.24, 2.45) is 0 Å². The van der Waals surface area contributed by atoms with Crippen LogP contribution in [0.3, 0.4) is 0 Å². The molecule has 3 aromatic rings. The van der Waals surface area contributed by atoms with Gasteiger partial charge in [0.2, 0.25) is 11.9 Å². The minimum atomic E-state index is -0.0322. The van der Waals surface area contributed by atoms with Crippen LogP contribution in [0.5, 0.6) is 0 Å². The maximum atomic E-state index is 12.0. The normalized spacial score (nSPS) is 10.6. The number of hydrogen-bond acceptors (Lipinski definition) is 7. The molecule has 0 saturated heterocycles. The summed E-state index contributed by atoms with van der Waals surface area (Å²) in [5.41, 5.74) is 2.76.